The Kier molecular flexibility index (Phi) is 3.40. The third kappa shape index (κ3) is 2.21. The van der Waals surface area contributed by atoms with Crippen LogP contribution in [0.15, 0.2) is 48.5 Å². The van der Waals surface area contributed by atoms with E-state index in [1.54, 1.807) is 7.11 Å². The van der Waals surface area contributed by atoms with Gasteiger partial charge in [0.15, 0.2) is 0 Å². The second kappa shape index (κ2) is 5.41. The molecule has 1 aliphatic heterocycles. The Morgan fingerprint density at radius 2 is 2.00 bits per heavy atom. The fourth-order valence-corrected chi connectivity index (χ4v) is 4.62. The Labute approximate surface area is 135 Å². The molecule has 2 aromatic carbocycles. The lowest BCUT2D eigenvalue weighted by Gasteiger charge is -2.31. The lowest BCUT2D eigenvalue weighted by molar-refractivity contribution is 0.296. The number of benzene rings is 2. The maximum Gasteiger partial charge on any atom is 0.127 e. The molecule has 1 unspecified atom stereocenters. The summed E-state index contributed by atoms with van der Waals surface area (Å²) in [6.45, 7) is 2.12. The van der Waals surface area contributed by atoms with Crippen LogP contribution in [0, 0.1) is 0 Å². The Balaban J connectivity index is 1.85. The van der Waals surface area contributed by atoms with Crippen molar-refractivity contribution in [2.45, 2.75) is 12.5 Å². The van der Waals surface area contributed by atoms with Gasteiger partial charge in [0, 0.05) is 34.0 Å². The highest BCUT2D eigenvalue weighted by Gasteiger charge is 2.26. The molecule has 0 N–H and O–H groups in total. The van der Waals surface area contributed by atoms with Gasteiger partial charge in [-0.2, -0.15) is 0 Å². The van der Waals surface area contributed by atoms with Crippen molar-refractivity contribution < 1.29 is 4.74 Å². The topological polar surface area (TPSA) is 12.5 Å². The second-order valence-electron chi connectivity index (χ2n) is 5.97. The molecule has 0 fully saturated rings. The zero-order valence-electron chi connectivity index (χ0n) is 12.9. The van der Waals surface area contributed by atoms with E-state index in [1.165, 1.54) is 26.1 Å². The van der Waals surface area contributed by atoms with Gasteiger partial charge in [-0.3, -0.25) is 0 Å². The Hall–Kier alpha value is -1.84. The zero-order valence-corrected chi connectivity index (χ0v) is 13.7. The van der Waals surface area contributed by atoms with E-state index in [4.69, 9.17) is 4.74 Å². The minimum atomic E-state index is 0.456. The van der Waals surface area contributed by atoms with Crippen LogP contribution in [0.4, 0.5) is 0 Å². The van der Waals surface area contributed by atoms with E-state index >= 15 is 0 Å². The van der Waals surface area contributed by atoms with Gasteiger partial charge in [0.05, 0.1) is 7.11 Å². The summed E-state index contributed by atoms with van der Waals surface area (Å²) in [5.41, 5.74) is 2.93. The van der Waals surface area contributed by atoms with E-state index in [2.05, 4.69) is 54.4 Å². The van der Waals surface area contributed by atoms with Gasteiger partial charge in [-0.05, 0) is 36.4 Å². The van der Waals surface area contributed by atoms with E-state index in [0.717, 1.165) is 18.8 Å². The van der Waals surface area contributed by atoms with Crippen LogP contribution in [0.5, 0.6) is 5.75 Å². The average Bonchev–Trinajstić information content (AvgIpc) is 2.97. The highest BCUT2D eigenvalue weighted by Crippen LogP contribution is 2.41. The van der Waals surface area contributed by atoms with Crippen LogP contribution in [0.3, 0.4) is 0 Å². The summed E-state index contributed by atoms with van der Waals surface area (Å²) < 4.78 is 6.82. The Morgan fingerprint density at radius 1 is 1.14 bits per heavy atom. The summed E-state index contributed by atoms with van der Waals surface area (Å²) in [4.78, 5) is 3.84. The SMILES string of the molecule is COc1cccc2sc(C3CN(C)Cc4ccccc43)cc12. The first-order valence-corrected chi connectivity index (χ1v) is 8.40. The summed E-state index contributed by atoms with van der Waals surface area (Å²) in [7, 11) is 3.95. The van der Waals surface area contributed by atoms with Crippen molar-refractivity contribution >= 4 is 21.4 Å². The van der Waals surface area contributed by atoms with E-state index in [-0.39, 0.29) is 0 Å². The van der Waals surface area contributed by atoms with E-state index in [1.807, 2.05) is 17.4 Å². The highest BCUT2D eigenvalue weighted by molar-refractivity contribution is 7.19. The largest absolute Gasteiger partial charge is 0.496 e. The molecule has 22 heavy (non-hydrogen) atoms. The van der Waals surface area contributed by atoms with Gasteiger partial charge in [0.25, 0.3) is 0 Å². The number of ether oxygens (including phenoxy) is 1. The van der Waals surface area contributed by atoms with Crippen LogP contribution in [-0.4, -0.2) is 25.6 Å². The third-order valence-corrected chi connectivity index (χ3v) is 5.68. The van der Waals surface area contributed by atoms with Crippen molar-refractivity contribution in [3.05, 3.63) is 64.5 Å². The lowest BCUT2D eigenvalue weighted by Crippen LogP contribution is -2.30. The van der Waals surface area contributed by atoms with Crippen LogP contribution in [0.25, 0.3) is 10.1 Å². The van der Waals surface area contributed by atoms with Crippen LogP contribution < -0.4 is 4.74 Å². The molecule has 0 spiro atoms. The lowest BCUT2D eigenvalue weighted by atomic mass is 9.89. The molecule has 1 aromatic heterocycles. The van der Waals surface area contributed by atoms with Gasteiger partial charge >= 0.3 is 0 Å². The van der Waals surface area contributed by atoms with Crippen LogP contribution in [0.1, 0.15) is 21.9 Å². The van der Waals surface area contributed by atoms with Gasteiger partial charge in [-0.25, -0.2) is 0 Å². The molecule has 3 aromatic rings. The predicted octanol–water partition coefficient (Wildman–Crippen LogP) is 4.49. The van der Waals surface area contributed by atoms with E-state index in [9.17, 15) is 0 Å². The minimum Gasteiger partial charge on any atom is -0.496 e. The monoisotopic (exact) mass is 309 g/mol. The van der Waals surface area contributed by atoms with Gasteiger partial charge in [0.2, 0.25) is 0 Å². The number of methoxy groups -OCH3 is 1. The first-order chi connectivity index (χ1) is 10.8. The molecule has 2 nitrogen and oxygen atoms in total. The molecule has 0 amide bonds. The van der Waals surface area contributed by atoms with Crippen LogP contribution in [0.2, 0.25) is 0 Å². The van der Waals surface area contributed by atoms with Gasteiger partial charge in [-0.15, -0.1) is 11.3 Å². The van der Waals surface area contributed by atoms with Crippen molar-refractivity contribution in [2.24, 2.45) is 0 Å². The van der Waals surface area contributed by atoms with E-state index < -0.39 is 0 Å². The quantitative estimate of drug-likeness (QED) is 0.691. The fourth-order valence-electron chi connectivity index (χ4n) is 3.43. The molecule has 3 heteroatoms. The van der Waals surface area contributed by atoms with Crippen molar-refractivity contribution in [1.29, 1.82) is 0 Å². The summed E-state index contributed by atoms with van der Waals surface area (Å²) in [6.07, 6.45) is 0. The maximum absolute atomic E-state index is 5.51. The molecule has 0 saturated heterocycles. The molecule has 1 aliphatic rings. The first kappa shape index (κ1) is 13.8. The summed E-state index contributed by atoms with van der Waals surface area (Å²) >= 11 is 1.89. The Bertz CT molecular complexity index is 823. The summed E-state index contributed by atoms with van der Waals surface area (Å²) in [6, 6.07) is 17.5. The number of rotatable bonds is 2. The standard InChI is InChI=1S/C19H19NOS/c1-20-11-13-6-3-4-7-14(13)16(12-20)19-10-15-17(21-2)8-5-9-18(15)22-19/h3-10,16H,11-12H2,1-2H3. The molecule has 0 radical (unpaired) electrons. The van der Waals surface area contributed by atoms with Gasteiger partial charge in [-0.1, -0.05) is 30.3 Å². The smallest absolute Gasteiger partial charge is 0.127 e. The van der Waals surface area contributed by atoms with Crippen molar-refractivity contribution in [3.8, 4) is 5.75 Å². The average molecular weight is 309 g/mol. The molecule has 1 atom stereocenters. The first-order valence-electron chi connectivity index (χ1n) is 7.59. The van der Waals surface area contributed by atoms with Crippen molar-refractivity contribution in [1.82, 2.24) is 4.90 Å². The summed E-state index contributed by atoms with van der Waals surface area (Å²) in [5, 5.41) is 1.23. The molecule has 0 bridgehead atoms. The molecule has 0 saturated carbocycles. The van der Waals surface area contributed by atoms with Gasteiger partial charge < -0.3 is 9.64 Å². The number of likely N-dealkylation sites (N-methyl/N-ethyl adjacent to an activating group) is 1. The molecule has 112 valence electrons. The fraction of sp³-hybridized carbons (Fsp3) is 0.263. The molecular weight excluding hydrogens is 290 g/mol. The molecule has 2 heterocycles. The van der Waals surface area contributed by atoms with Crippen LogP contribution in [-0.2, 0) is 6.54 Å². The van der Waals surface area contributed by atoms with Crippen LogP contribution >= 0.6 is 11.3 Å². The number of hydrogen-bond donors (Lipinski definition) is 0. The molecule has 4 rings (SSSR count). The number of fused-ring (bicyclic) bond motifs is 2. The van der Waals surface area contributed by atoms with E-state index in [0.29, 0.717) is 5.92 Å². The zero-order chi connectivity index (χ0) is 15.1. The number of nitrogens with zero attached hydrogens (tertiary/aromatic N) is 1. The Morgan fingerprint density at radius 3 is 2.86 bits per heavy atom. The molecule has 0 aliphatic carbocycles. The normalized spacial score (nSPS) is 18.4. The predicted molar refractivity (Wildman–Crippen MR) is 93.0 cm³/mol. The van der Waals surface area contributed by atoms with Crippen molar-refractivity contribution in [3.63, 3.8) is 0 Å². The molecular formula is C19H19NOS. The number of thiophene rings is 1. The van der Waals surface area contributed by atoms with Gasteiger partial charge in [0.1, 0.15) is 5.75 Å². The summed E-state index contributed by atoms with van der Waals surface area (Å²) in [5.74, 6) is 1.43. The number of hydrogen-bond acceptors (Lipinski definition) is 3. The minimum absolute atomic E-state index is 0.456. The van der Waals surface area contributed by atoms with Crippen molar-refractivity contribution in [2.75, 3.05) is 20.7 Å². The maximum atomic E-state index is 5.51. The highest BCUT2D eigenvalue weighted by atomic mass is 32.1. The third-order valence-electron chi connectivity index (χ3n) is 4.47. The second-order valence-corrected chi connectivity index (χ2v) is 7.08.